The molecule has 1 aliphatic heterocycles. The molecule has 0 spiro atoms. The van der Waals surface area contributed by atoms with Gasteiger partial charge in [-0.25, -0.2) is 4.99 Å². The summed E-state index contributed by atoms with van der Waals surface area (Å²) in [5, 5.41) is 13.1. The van der Waals surface area contributed by atoms with Gasteiger partial charge in [0.15, 0.2) is 5.17 Å². The van der Waals surface area contributed by atoms with Crippen molar-refractivity contribution in [2.45, 2.75) is 13.5 Å². The van der Waals surface area contributed by atoms with Gasteiger partial charge >= 0.3 is 0 Å². The van der Waals surface area contributed by atoms with Crippen LogP contribution in [0.15, 0.2) is 76.6 Å². The first-order chi connectivity index (χ1) is 15.5. The number of hydrogen-bond donors (Lipinski definition) is 1. The van der Waals surface area contributed by atoms with Crippen molar-refractivity contribution in [1.82, 2.24) is 5.32 Å². The van der Waals surface area contributed by atoms with E-state index in [1.165, 1.54) is 11.8 Å². The average molecular weight is 460 g/mol. The number of amides is 1. The van der Waals surface area contributed by atoms with E-state index in [1.807, 2.05) is 61.5 Å². The molecule has 0 bridgehead atoms. The third-order valence-corrected chi connectivity index (χ3v) is 6.06. The molecule has 3 aromatic rings. The van der Waals surface area contributed by atoms with Crippen molar-refractivity contribution in [2.24, 2.45) is 4.99 Å². The van der Waals surface area contributed by atoms with E-state index in [9.17, 15) is 10.1 Å². The SMILES string of the molecule is Cc1ccc(N=C2NC(=O)/C(=C/c3ccc(OCc4ccccc4C#N)cc3)S2)cc1Cl. The first-order valence-electron chi connectivity index (χ1n) is 9.78. The molecule has 1 heterocycles. The molecular formula is C25H18ClN3O2S. The van der Waals surface area contributed by atoms with E-state index in [2.05, 4.69) is 16.4 Å². The number of halogens is 1. The Bertz CT molecular complexity index is 1280. The normalized spacial score (nSPS) is 15.6. The summed E-state index contributed by atoms with van der Waals surface area (Å²) in [4.78, 5) is 17.3. The van der Waals surface area contributed by atoms with E-state index in [0.29, 0.717) is 38.7 Å². The maximum Gasteiger partial charge on any atom is 0.264 e. The van der Waals surface area contributed by atoms with Crippen LogP contribution in [0.25, 0.3) is 6.08 Å². The van der Waals surface area contributed by atoms with Crippen LogP contribution >= 0.6 is 23.4 Å². The molecule has 4 rings (SSSR count). The van der Waals surface area contributed by atoms with Crippen LogP contribution in [0.3, 0.4) is 0 Å². The van der Waals surface area contributed by atoms with Crippen molar-refractivity contribution in [3.05, 3.63) is 98.9 Å². The van der Waals surface area contributed by atoms with E-state index in [1.54, 1.807) is 18.2 Å². The third kappa shape index (κ3) is 5.20. The molecule has 1 aliphatic rings. The molecule has 158 valence electrons. The van der Waals surface area contributed by atoms with Crippen LogP contribution in [0.2, 0.25) is 5.02 Å². The summed E-state index contributed by atoms with van der Waals surface area (Å²) in [6, 6.07) is 22.5. The number of hydrogen-bond acceptors (Lipinski definition) is 5. The van der Waals surface area contributed by atoms with Gasteiger partial charge in [0.25, 0.3) is 5.91 Å². The van der Waals surface area contributed by atoms with Crippen LogP contribution in [0.1, 0.15) is 22.3 Å². The van der Waals surface area contributed by atoms with Crippen molar-refractivity contribution in [3.63, 3.8) is 0 Å². The largest absolute Gasteiger partial charge is 0.489 e. The van der Waals surface area contributed by atoms with Crippen LogP contribution < -0.4 is 10.1 Å². The Hall–Kier alpha value is -3.53. The first kappa shape index (κ1) is 21.7. The second-order valence-electron chi connectivity index (χ2n) is 7.04. The molecule has 5 nitrogen and oxygen atoms in total. The lowest BCUT2D eigenvalue weighted by molar-refractivity contribution is -0.115. The molecule has 7 heteroatoms. The Morgan fingerprint density at radius 1 is 1.16 bits per heavy atom. The maximum absolute atomic E-state index is 12.3. The van der Waals surface area contributed by atoms with Crippen molar-refractivity contribution >= 4 is 46.2 Å². The fourth-order valence-corrected chi connectivity index (χ4v) is 3.99. The predicted molar refractivity (Wildman–Crippen MR) is 129 cm³/mol. The zero-order valence-corrected chi connectivity index (χ0v) is 18.7. The van der Waals surface area contributed by atoms with Crippen LogP contribution in [-0.2, 0) is 11.4 Å². The zero-order chi connectivity index (χ0) is 22.5. The predicted octanol–water partition coefficient (Wildman–Crippen LogP) is 5.99. The Kier molecular flexibility index (Phi) is 6.60. The van der Waals surface area contributed by atoms with Gasteiger partial charge in [0.2, 0.25) is 0 Å². The maximum atomic E-state index is 12.3. The van der Waals surface area contributed by atoms with Crippen molar-refractivity contribution in [2.75, 3.05) is 0 Å². The van der Waals surface area contributed by atoms with Crippen LogP contribution in [-0.4, -0.2) is 11.1 Å². The number of rotatable bonds is 5. The summed E-state index contributed by atoms with van der Waals surface area (Å²) in [5.41, 5.74) is 3.96. The molecule has 1 N–H and O–H groups in total. The third-order valence-electron chi connectivity index (χ3n) is 4.75. The van der Waals surface area contributed by atoms with Gasteiger partial charge in [0.05, 0.1) is 22.2 Å². The lowest BCUT2D eigenvalue weighted by Crippen LogP contribution is -2.19. The molecule has 1 fully saturated rings. The number of nitrogens with zero attached hydrogens (tertiary/aromatic N) is 2. The van der Waals surface area contributed by atoms with E-state index >= 15 is 0 Å². The number of carbonyl (C=O) groups excluding carboxylic acids is 1. The van der Waals surface area contributed by atoms with E-state index in [-0.39, 0.29) is 5.91 Å². The molecular weight excluding hydrogens is 442 g/mol. The van der Waals surface area contributed by atoms with Crippen LogP contribution in [0.4, 0.5) is 5.69 Å². The lowest BCUT2D eigenvalue weighted by Gasteiger charge is -2.07. The van der Waals surface area contributed by atoms with Gasteiger partial charge in [-0.2, -0.15) is 5.26 Å². The van der Waals surface area contributed by atoms with Crippen LogP contribution in [0.5, 0.6) is 5.75 Å². The van der Waals surface area contributed by atoms with Crippen LogP contribution in [0, 0.1) is 18.3 Å². The van der Waals surface area contributed by atoms with Gasteiger partial charge in [0.1, 0.15) is 12.4 Å². The van der Waals surface area contributed by atoms with Gasteiger partial charge in [-0.15, -0.1) is 0 Å². The summed E-state index contributed by atoms with van der Waals surface area (Å²) in [5.74, 6) is 0.488. The minimum absolute atomic E-state index is 0.194. The van der Waals surface area contributed by atoms with Crippen molar-refractivity contribution in [3.8, 4) is 11.8 Å². The molecule has 1 amide bonds. The highest BCUT2D eigenvalue weighted by molar-refractivity contribution is 8.18. The molecule has 0 aromatic heterocycles. The topological polar surface area (TPSA) is 74.5 Å². The van der Waals surface area contributed by atoms with Gasteiger partial charge in [-0.05, 0) is 66.2 Å². The fourth-order valence-electron chi connectivity index (χ4n) is 2.98. The Labute approximate surface area is 195 Å². The highest BCUT2D eigenvalue weighted by Crippen LogP contribution is 2.30. The summed E-state index contributed by atoms with van der Waals surface area (Å²) in [7, 11) is 0. The van der Waals surface area contributed by atoms with Gasteiger partial charge in [-0.3, -0.25) is 4.79 Å². The molecule has 3 aromatic carbocycles. The van der Waals surface area contributed by atoms with Gasteiger partial charge in [0, 0.05) is 10.6 Å². The van der Waals surface area contributed by atoms with Crippen molar-refractivity contribution < 1.29 is 9.53 Å². The fraction of sp³-hybridized carbons (Fsp3) is 0.0800. The number of thioether (sulfide) groups is 1. The number of ether oxygens (including phenoxy) is 1. The molecule has 32 heavy (non-hydrogen) atoms. The molecule has 0 aliphatic carbocycles. The average Bonchev–Trinajstić information content (AvgIpc) is 3.14. The van der Waals surface area contributed by atoms with Crippen molar-refractivity contribution in [1.29, 1.82) is 5.26 Å². The highest BCUT2D eigenvalue weighted by Gasteiger charge is 2.23. The smallest absolute Gasteiger partial charge is 0.264 e. The quantitative estimate of drug-likeness (QED) is 0.475. The van der Waals surface area contributed by atoms with E-state index < -0.39 is 0 Å². The monoisotopic (exact) mass is 459 g/mol. The van der Waals surface area contributed by atoms with E-state index in [4.69, 9.17) is 16.3 Å². The minimum Gasteiger partial charge on any atom is -0.489 e. The number of aryl methyl sites for hydroxylation is 1. The Morgan fingerprint density at radius 2 is 1.94 bits per heavy atom. The Balaban J connectivity index is 1.42. The molecule has 0 unspecified atom stereocenters. The lowest BCUT2D eigenvalue weighted by atomic mass is 10.1. The first-order valence-corrected chi connectivity index (χ1v) is 11.0. The summed E-state index contributed by atoms with van der Waals surface area (Å²) >= 11 is 7.43. The second-order valence-corrected chi connectivity index (χ2v) is 8.48. The number of nitrogens with one attached hydrogen (secondary N) is 1. The number of aliphatic imine (C=N–C) groups is 1. The zero-order valence-electron chi connectivity index (χ0n) is 17.1. The van der Waals surface area contributed by atoms with E-state index in [0.717, 1.165) is 16.7 Å². The number of carbonyl (C=O) groups is 1. The van der Waals surface area contributed by atoms with Gasteiger partial charge < -0.3 is 10.1 Å². The number of amidine groups is 1. The molecule has 0 saturated carbocycles. The number of nitriles is 1. The molecule has 0 atom stereocenters. The minimum atomic E-state index is -0.194. The molecule has 1 saturated heterocycles. The summed E-state index contributed by atoms with van der Waals surface area (Å²) < 4.78 is 5.80. The Morgan fingerprint density at radius 3 is 2.69 bits per heavy atom. The second kappa shape index (κ2) is 9.73. The molecule has 0 radical (unpaired) electrons. The number of benzene rings is 3. The highest BCUT2D eigenvalue weighted by atomic mass is 35.5. The summed E-state index contributed by atoms with van der Waals surface area (Å²) in [6.07, 6.45) is 1.80. The van der Waals surface area contributed by atoms with Gasteiger partial charge in [-0.1, -0.05) is 48.0 Å². The summed E-state index contributed by atoms with van der Waals surface area (Å²) in [6.45, 7) is 2.24. The standard InChI is InChI=1S/C25H18ClN3O2S/c1-16-6-9-20(13-22(16)26)28-25-29-24(30)23(32-25)12-17-7-10-21(11-8-17)31-15-19-5-3-2-4-18(19)14-27/h2-13H,15H2,1H3,(H,28,29,30)/b23-12-.